The summed E-state index contributed by atoms with van der Waals surface area (Å²) in [5.41, 5.74) is 0.266. The smallest absolute Gasteiger partial charge is 0.181 e. The summed E-state index contributed by atoms with van der Waals surface area (Å²) in [6, 6.07) is 0. The zero-order valence-electron chi connectivity index (χ0n) is 10.2. The van der Waals surface area contributed by atoms with Crippen LogP contribution in [0.15, 0.2) is 6.33 Å². The molecule has 2 rings (SSSR count). The van der Waals surface area contributed by atoms with Crippen LogP contribution in [0.3, 0.4) is 0 Å². The predicted molar refractivity (Wildman–Crippen MR) is 69.9 cm³/mol. The number of hydrogen-bond acceptors (Lipinski definition) is 6. The van der Waals surface area contributed by atoms with Crippen LogP contribution < -0.4 is 0 Å². The largest absolute Gasteiger partial charge is 0.394 e. The molecule has 1 aliphatic rings. The Labute approximate surface area is 116 Å². The predicted octanol–water partition coefficient (Wildman–Crippen LogP) is -0.685. The Morgan fingerprint density at radius 2 is 2.20 bits per heavy atom. The highest BCUT2D eigenvalue weighted by Crippen LogP contribution is 2.30. The first-order valence-electron chi connectivity index (χ1n) is 5.68. The Morgan fingerprint density at radius 3 is 2.65 bits per heavy atom. The Hall–Kier alpha value is -1.72. The Morgan fingerprint density at radius 1 is 1.55 bits per heavy atom. The molecule has 1 aliphatic heterocycles. The molecule has 4 atom stereocenters. The second kappa shape index (κ2) is 6.15. The van der Waals surface area contributed by atoms with Crippen molar-refractivity contribution < 1.29 is 24.9 Å². The molecule has 0 radical (unpaired) electrons. The fourth-order valence-corrected chi connectivity index (χ4v) is 2.06. The quantitative estimate of drug-likeness (QED) is 0.501. The molecule has 1 aromatic heterocycles. The number of aliphatic hydroxyl groups is 3. The summed E-state index contributed by atoms with van der Waals surface area (Å²) in [7, 11) is 0. The fraction of sp³-hybridized carbons (Fsp3) is 0.538. The van der Waals surface area contributed by atoms with E-state index in [9.17, 15) is 15.0 Å². The van der Waals surface area contributed by atoms with Crippen LogP contribution in [0.25, 0.3) is 0 Å². The highest BCUT2D eigenvalue weighted by atomic mass is 16.6. The molecule has 0 aliphatic carbocycles. The summed E-state index contributed by atoms with van der Waals surface area (Å²) in [6.07, 6.45) is 2.21. The second-order valence-corrected chi connectivity index (χ2v) is 4.28. The number of nitrogens with zero attached hydrogens (tertiary/aromatic N) is 2. The molecule has 1 fully saturated rings. The number of ketones is 1. The van der Waals surface area contributed by atoms with Crippen LogP contribution in [0.1, 0.15) is 36.8 Å². The number of aromatic nitrogens is 2. The van der Waals surface area contributed by atoms with Gasteiger partial charge in [0, 0.05) is 6.92 Å². The molecule has 7 heteroatoms. The van der Waals surface area contributed by atoms with Gasteiger partial charge in [-0.1, -0.05) is 7.43 Å². The van der Waals surface area contributed by atoms with Crippen molar-refractivity contribution in [2.45, 2.75) is 38.9 Å². The van der Waals surface area contributed by atoms with E-state index in [1.165, 1.54) is 17.8 Å². The van der Waals surface area contributed by atoms with Gasteiger partial charge in [0.1, 0.15) is 29.7 Å². The number of imidazole rings is 1. The van der Waals surface area contributed by atoms with E-state index < -0.39 is 31.1 Å². The van der Waals surface area contributed by atoms with Crippen molar-refractivity contribution in [2.24, 2.45) is 0 Å². The molecule has 20 heavy (non-hydrogen) atoms. The van der Waals surface area contributed by atoms with Crippen LogP contribution in [0.5, 0.6) is 0 Å². The minimum Gasteiger partial charge on any atom is -0.394 e. The lowest BCUT2D eigenvalue weighted by Crippen LogP contribution is -2.33. The summed E-state index contributed by atoms with van der Waals surface area (Å²) in [6.45, 7) is 0.888. The molecule has 0 spiro atoms. The summed E-state index contributed by atoms with van der Waals surface area (Å²) in [5, 5.41) is 28.6. The molecule has 1 unspecified atom stereocenters. The lowest BCUT2D eigenvalue weighted by Gasteiger charge is -2.17. The van der Waals surface area contributed by atoms with Gasteiger partial charge in [-0.2, -0.15) is 0 Å². The van der Waals surface area contributed by atoms with E-state index in [2.05, 4.69) is 10.9 Å². The third-order valence-corrected chi connectivity index (χ3v) is 3.06. The monoisotopic (exact) mass is 282 g/mol. The topological polar surface area (TPSA) is 105 Å². The molecule has 7 nitrogen and oxygen atoms in total. The second-order valence-electron chi connectivity index (χ2n) is 4.28. The van der Waals surface area contributed by atoms with Gasteiger partial charge in [-0.3, -0.25) is 9.36 Å². The van der Waals surface area contributed by atoms with Gasteiger partial charge >= 0.3 is 0 Å². The third kappa shape index (κ3) is 2.46. The lowest BCUT2D eigenvalue weighted by atomic mass is 10.1. The minimum atomic E-state index is -1.27. The summed E-state index contributed by atoms with van der Waals surface area (Å²) >= 11 is 0. The first-order valence-corrected chi connectivity index (χ1v) is 5.68. The van der Waals surface area contributed by atoms with Crippen LogP contribution >= 0.6 is 0 Å². The molecule has 0 amide bonds. The summed E-state index contributed by atoms with van der Waals surface area (Å²) in [4.78, 5) is 15.2. The number of aliphatic hydroxyl groups excluding tert-OH is 3. The molecule has 1 saturated heterocycles. The number of Topliss-reactive ketones (excluding diaryl/α,β-unsaturated/α-hetero) is 1. The highest BCUT2D eigenvalue weighted by molar-refractivity contribution is 5.94. The Kier molecular flexibility index (Phi) is 5.03. The fourth-order valence-electron chi connectivity index (χ4n) is 2.06. The minimum absolute atomic E-state index is 0. The molecule has 2 heterocycles. The SMILES string of the molecule is C.C#Cc1c(C(C)=O)ncn1[C@@H]1O[C@H](CO)[C@H](O)C1O. The van der Waals surface area contributed by atoms with Gasteiger partial charge in [0.25, 0.3) is 0 Å². The number of carbonyl (C=O) groups is 1. The maximum absolute atomic E-state index is 11.4. The van der Waals surface area contributed by atoms with Crippen molar-refractivity contribution >= 4 is 5.78 Å². The van der Waals surface area contributed by atoms with Crippen molar-refractivity contribution in [1.29, 1.82) is 0 Å². The molecule has 3 N–H and O–H groups in total. The van der Waals surface area contributed by atoms with Gasteiger partial charge in [0.2, 0.25) is 0 Å². The maximum Gasteiger partial charge on any atom is 0.181 e. The van der Waals surface area contributed by atoms with E-state index in [1.54, 1.807) is 0 Å². The normalized spacial score (nSPS) is 28.8. The summed E-state index contributed by atoms with van der Waals surface area (Å²) < 4.78 is 6.63. The van der Waals surface area contributed by atoms with E-state index in [-0.39, 0.29) is 24.6 Å². The number of hydrogen-bond donors (Lipinski definition) is 3. The van der Waals surface area contributed by atoms with Crippen molar-refractivity contribution in [2.75, 3.05) is 6.61 Å². The van der Waals surface area contributed by atoms with Crippen LogP contribution in [0.4, 0.5) is 0 Å². The van der Waals surface area contributed by atoms with Gasteiger partial charge in [-0.15, -0.1) is 6.42 Å². The van der Waals surface area contributed by atoms with E-state index in [1.807, 2.05) is 0 Å². The molecule has 0 aromatic carbocycles. The molecular formula is C13H18N2O5. The van der Waals surface area contributed by atoms with Gasteiger partial charge < -0.3 is 20.1 Å². The molecule has 0 saturated carbocycles. The van der Waals surface area contributed by atoms with E-state index in [0.29, 0.717) is 0 Å². The van der Waals surface area contributed by atoms with E-state index >= 15 is 0 Å². The molecule has 1 aromatic rings. The van der Waals surface area contributed by atoms with Crippen molar-refractivity contribution in [1.82, 2.24) is 9.55 Å². The Bertz CT molecular complexity index is 533. The lowest BCUT2D eigenvalue weighted by molar-refractivity contribution is -0.0531. The average molecular weight is 282 g/mol. The van der Waals surface area contributed by atoms with Gasteiger partial charge in [0.05, 0.1) is 12.9 Å². The van der Waals surface area contributed by atoms with Crippen molar-refractivity contribution in [3.05, 3.63) is 17.7 Å². The third-order valence-electron chi connectivity index (χ3n) is 3.06. The Balaban J connectivity index is 0.00000200. The van der Waals surface area contributed by atoms with Crippen LogP contribution in [0, 0.1) is 12.3 Å². The standard InChI is InChI=1S/C12H14N2O5.CH4/c1-3-7-9(6(2)16)13-5-14(7)12-11(18)10(17)8(4-15)19-12;/h1,5,8,10-12,15,17-18H,4H2,2H3;1H4/t8-,10+,11?,12-;/m1./s1. The van der Waals surface area contributed by atoms with E-state index in [4.69, 9.17) is 16.3 Å². The van der Waals surface area contributed by atoms with Gasteiger partial charge in [0.15, 0.2) is 12.0 Å². The molecule has 0 bridgehead atoms. The average Bonchev–Trinajstić information content (AvgIpc) is 2.92. The number of ether oxygens (including phenoxy) is 1. The van der Waals surface area contributed by atoms with Gasteiger partial charge in [-0.25, -0.2) is 4.98 Å². The van der Waals surface area contributed by atoms with Gasteiger partial charge in [-0.05, 0) is 5.92 Å². The first kappa shape index (κ1) is 16.3. The molecule has 110 valence electrons. The maximum atomic E-state index is 11.4. The molecular weight excluding hydrogens is 264 g/mol. The first-order chi connectivity index (χ1) is 9.01. The van der Waals surface area contributed by atoms with Crippen LogP contribution in [-0.2, 0) is 4.74 Å². The van der Waals surface area contributed by atoms with Crippen molar-refractivity contribution in [3.63, 3.8) is 0 Å². The number of carbonyl (C=O) groups excluding carboxylic acids is 1. The van der Waals surface area contributed by atoms with E-state index in [0.717, 1.165) is 0 Å². The van der Waals surface area contributed by atoms with Crippen LogP contribution in [0.2, 0.25) is 0 Å². The van der Waals surface area contributed by atoms with Crippen LogP contribution in [-0.4, -0.2) is 55.6 Å². The zero-order chi connectivity index (χ0) is 14.2. The number of terminal acetylenes is 1. The highest BCUT2D eigenvalue weighted by Gasteiger charge is 2.44. The van der Waals surface area contributed by atoms with Crippen molar-refractivity contribution in [3.8, 4) is 12.3 Å². The summed E-state index contributed by atoms with van der Waals surface area (Å²) in [5.74, 6) is 2.01. The number of rotatable bonds is 3. The zero-order valence-corrected chi connectivity index (χ0v) is 10.2.